The van der Waals surface area contributed by atoms with Crippen molar-refractivity contribution in [1.29, 1.82) is 0 Å². The van der Waals surface area contributed by atoms with E-state index in [4.69, 9.17) is 11.6 Å². The summed E-state index contributed by atoms with van der Waals surface area (Å²) in [5, 5.41) is 0.0229. The highest BCUT2D eigenvalue weighted by molar-refractivity contribution is 7.89. The van der Waals surface area contributed by atoms with Gasteiger partial charge in [0.15, 0.2) is 0 Å². The van der Waals surface area contributed by atoms with E-state index in [0.29, 0.717) is 25.2 Å². The first-order valence-corrected chi connectivity index (χ1v) is 8.33. The van der Waals surface area contributed by atoms with Crippen LogP contribution in [0.1, 0.15) is 27.7 Å². The molecule has 0 atom stereocenters. The van der Waals surface area contributed by atoms with E-state index >= 15 is 0 Å². The summed E-state index contributed by atoms with van der Waals surface area (Å²) in [5.41, 5.74) is 0. The Labute approximate surface area is 125 Å². The number of halogens is 1. The summed E-state index contributed by atoms with van der Waals surface area (Å²) in [6.45, 7) is 9.32. The number of aromatic nitrogens is 2. The zero-order valence-corrected chi connectivity index (χ0v) is 13.7. The van der Waals surface area contributed by atoms with Gasteiger partial charge in [-0.05, 0) is 39.3 Å². The van der Waals surface area contributed by atoms with Gasteiger partial charge in [0.2, 0.25) is 15.3 Å². The van der Waals surface area contributed by atoms with Gasteiger partial charge in [0.1, 0.15) is 4.90 Å². The number of rotatable bonds is 7. The molecule has 0 saturated heterocycles. The first kappa shape index (κ1) is 17.3. The van der Waals surface area contributed by atoms with E-state index in [1.54, 1.807) is 0 Å². The number of nitrogens with zero attached hydrogens (tertiary/aromatic N) is 3. The largest absolute Gasteiger partial charge is 0.297 e. The van der Waals surface area contributed by atoms with Gasteiger partial charge in [0, 0.05) is 25.2 Å². The van der Waals surface area contributed by atoms with Gasteiger partial charge in [-0.15, -0.1) is 0 Å². The Morgan fingerprint density at radius 2 is 1.70 bits per heavy atom. The van der Waals surface area contributed by atoms with Crippen LogP contribution in [-0.2, 0) is 10.0 Å². The van der Waals surface area contributed by atoms with Gasteiger partial charge in [-0.3, -0.25) is 4.90 Å². The summed E-state index contributed by atoms with van der Waals surface area (Å²) < 4.78 is 26.6. The molecule has 1 N–H and O–H groups in total. The molecule has 20 heavy (non-hydrogen) atoms. The molecule has 1 aromatic heterocycles. The molecule has 0 amide bonds. The Morgan fingerprint density at radius 1 is 1.20 bits per heavy atom. The van der Waals surface area contributed by atoms with Gasteiger partial charge in [-0.1, -0.05) is 0 Å². The van der Waals surface area contributed by atoms with Crippen molar-refractivity contribution < 1.29 is 8.42 Å². The summed E-state index contributed by atoms with van der Waals surface area (Å²) >= 11 is 5.53. The molecule has 8 heteroatoms. The topological polar surface area (TPSA) is 75.2 Å². The van der Waals surface area contributed by atoms with Crippen LogP contribution in [0.3, 0.4) is 0 Å². The lowest BCUT2D eigenvalue weighted by Crippen LogP contribution is -2.42. The molecular weight excluding hydrogens is 300 g/mol. The van der Waals surface area contributed by atoms with Crippen molar-refractivity contribution in [2.75, 3.05) is 13.1 Å². The molecule has 0 aliphatic carbocycles. The van der Waals surface area contributed by atoms with Gasteiger partial charge in [0.25, 0.3) is 0 Å². The van der Waals surface area contributed by atoms with Crippen LogP contribution in [0.5, 0.6) is 0 Å². The first-order valence-electron chi connectivity index (χ1n) is 6.47. The van der Waals surface area contributed by atoms with E-state index in [1.807, 2.05) is 0 Å². The zero-order chi connectivity index (χ0) is 15.3. The monoisotopic (exact) mass is 320 g/mol. The van der Waals surface area contributed by atoms with Crippen molar-refractivity contribution in [3.05, 3.63) is 17.7 Å². The van der Waals surface area contributed by atoms with E-state index in [0.717, 1.165) is 0 Å². The average molecular weight is 321 g/mol. The van der Waals surface area contributed by atoms with Crippen LogP contribution in [0.15, 0.2) is 17.3 Å². The minimum Gasteiger partial charge on any atom is -0.297 e. The number of nitrogens with one attached hydrogen (secondary N) is 1. The van der Waals surface area contributed by atoms with Crippen molar-refractivity contribution in [2.45, 2.75) is 44.7 Å². The minimum absolute atomic E-state index is 0.0162. The van der Waals surface area contributed by atoms with Crippen molar-refractivity contribution >= 4 is 21.6 Å². The molecular formula is C12H21ClN4O2S. The second-order valence-corrected chi connectivity index (χ2v) is 7.12. The zero-order valence-electron chi connectivity index (χ0n) is 12.2. The predicted molar refractivity (Wildman–Crippen MR) is 79.2 cm³/mol. The lowest BCUT2D eigenvalue weighted by molar-refractivity contribution is 0.179. The Bertz CT molecular complexity index is 509. The highest BCUT2D eigenvalue weighted by atomic mass is 35.5. The molecule has 1 rings (SSSR count). The summed E-state index contributed by atoms with van der Waals surface area (Å²) in [7, 11) is -3.58. The highest BCUT2D eigenvalue weighted by Crippen LogP contribution is 2.08. The number of hydrogen-bond donors (Lipinski definition) is 1. The molecule has 0 unspecified atom stereocenters. The van der Waals surface area contributed by atoms with Gasteiger partial charge < -0.3 is 0 Å². The third-order valence-electron chi connectivity index (χ3n) is 2.90. The Morgan fingerprint density at radius 3 is 2.15 bits per heavy atom. The summed E-state index contributed by atoms with van der Waals surface area (Å²) in [4.78, 5) is 9.57. The lowest BCUT2D eigenvalue weighted by Gasteiger charge is -2.30. The molecule has 114 valence electrons. The molecule has 0 fully saturated rings. The summed E-state index contributed by atoms with van der Waals surface area (Å²) in [6, 6.07) is 0.719. The number of hydrogen-bond acceptors (Lipinski definition) is 5. The molecule has 0 aliphatic rings. The molecule has 0 aromatic carbocycles. The van der Waals surface area contributed by atoms with Crippen LogP contribution in [0.25, 0.3) is 0 Å². The Kier molecular flexibility index (Phi) is 6.32. The molecule has 0 bridgehead atoms. The Hall–Kier alpha value is -0.760. The molecule has 0 spiro atoms. The fraction of sp³-hybridized carbons (Fsp3) is 0.667. The van der Waals surface area contributed by atoms with Crippen LogP contribution in [0, 0.1) is 0 Å². The van der Waals surface area contributed by atoms with Crippen molar-refractivity contribution in [1.82, 2.24) is 19.6 Å². The molecule has 1 aromatic rings. The third-order valence-corrected chi connectivity index (χ3v) is 4.51. The predicted octanol–water partition coefficient (Wildman–Crippen LogP) is 1.53. The van der Waals surface area contributed by atoms with E-state index in [2.05, 4.69) is 47.3 Å². The fourth-order valence-corrected chi connectivity index (χ4v) is 2.95. The normalized spacial score (nSPS) is 12.6. The summed E-state index contributed by atoms with van der Waals surface area (Å²) in [6.07, 6.45) is 2.39. The van der Waals surface area contributed by atoms with Gasteiger partial charge in [0.05, 0.1) is 12.4 Å². The van der Waals surface area contributed by atoms with E-state index in [-0.39, 0.29) is 10.2 Å². The summed E-state index contributed by atoms with van der Waals surface area (Å²) in [5.74, 6) is 0. The molecule has 0 radical (unpaired) electrons. The van der Waals surface area contributed by atoms with Gasteiger partial charge in [-0.25, -0.2) is 23.1 Å². The molecule has 6 nitrogen and oxygen atoms in total. The second kappa shape index (κ2) is 7.31. The van der Waals surface area contributed by atoms with Gasteiger partial charge >= 0.3 is 0 Å². The van der Waals surface area contributed by atoms with E-state index in [1.165, 1.54) is 12.4 Å². The second-order valence-electron chi connectivity index (χ2n) is 5.01. The maximum absolute atomic E-state index is 12.0. The molecule has 1 heterocycles. The maximum atomic E-state index is 12.0. The van der Waals surface area contributed by atoms with Crippen LogP contribution >= 0.6 is 11.6 Å². The van der Waals surface area contributed by atoms with Crippen molar-refractivity contribution in [3.63, 3.8) is 0 Å². The van der Waals surface area contributed by atoms with Crippen LogP contribution < -0.4 is 4.72 Å². The minimum atomic E-state index is -3.58. The fourth-order valence-electron chi connectivity index (χ4n) is 1.94. The van der Waals surface area contributed by atoms with Crippen LogP contribution in [-0.4, -0.2) is 48.5 Å². The maximum Gasteiger partial charge on any atom is 0.243 e. The Balaban J connectivity index is 2.62. The number of sulfonamides is 1. The SMILES string of the molecule is CC(C)N(CCNS(=O)(=O)c1cnc(Cl)nc1)C(C)C. The van der Waals surface area contributed by atoms with E-state index < -0.39 is 10.0 Å². The smallest absolute Gasteiger partial charge is 0.243 e. The standard InChI is InChI=1S/C12H21ClN4O2S/c1-9(2)17(10(3)4)6-5-16-20(18,19)11-7-14-12(13)15-8-11/h7-10,16H,5-6H2,1-4H3. The lowest BCUT2D eigenvalue weighted by atomic mass is 10.2. The van der Waals surface area contributed by atoms with Crippen molar-refractivity contribution in [3.8, 4) is 0 Å². The van der Waals surface area contributed by atoms with Crippen molar-refractivity contribution in [2.24, 2.45) is 0 Å². The van der Waals surface area contributed by atoms with Crippen LogP contribution in [0.2, 0.25) is 5.28 Å². The van der Waals surface area contributed by atoms with Gasteiger partial charge in [-0.2, -0.15) is 0 Å². The molecule has 0 aliphatic heterocycles. The quantitative estimate of drug-likeness (QED) is 0.771. The van der Waals surface area contributed by atoms with E-state index in [9.17, 15) is 8.42 Å². The van der Waals surface area contributed by atoms with Crippen LogP contribution in [0.4, 0.5) is 0 Å². The third kappa shape index (κ3) is 4.97. The average Bonchev–Trinajstić information content (AvgIpc) is 2.34. The first-order chi connectivity index (χ1) is 9.24. The highest BCUT2D eigenvalue weighted by Gasteiger charge is 2.17. The molecule has 0 saturated carbocycles.